The molecule has 0 bridgehead atoms. The molecule has 0 spiro atoms. The van der Waals surface area contributed by atoms with Gasteiger partial charge < -0.3 is 10.6 Å². The molecule has 2 unspecified atom stereocenters. The predicted molar refractivity (Wildman–Crippen MR) is 75.5 cm³/mol. The minimum Gasteiger partial charge on any atom is -0.384 e. The van der Waals surface area contributed by atoms with Crippen molar-refractivity contribution in [2.45, 2.75) is 12.0 Å². The third-order valence-corrected chi connectivity index (χ3v) is 4.17. The average molecular weight is 257 g/mol. The van der Waals surface area contributed by atoms with Crippen molar-refractivity contribution in [3.8, 4) is 0 Å². The summed E-state index contributed by atoms with van der Waals surface area (Å²) < 4.78 is 0. The van der Waals surface area contributed by atoms with Crippen molar-refractivity contribution in [2.24, 2.45) is 0 Å². The van der Waals surface area contributed by atoms with Crippen molar-refractivity contribution in [1.82, 2.24) is 0 Å². The van der Waals surface area contributed by atoms with E-state index >= 15 is 0 Å². The number of hydrogen-bond donors (Lipinski definition) is 2. The Morgan fingerprint density at radius 2 is 1.89 bits per heavy atom. The molecule has 4 rings (SSSR count). The predicted octanol–water partition coefficient (Wildman–Crippen LogP) is 4.02. The Bertz CT molecular complexity index is 624. The highest BCUT2D eigenvalue weighted by atomic mass is 35.5. The molecule has 0 amide bonds. The summed E-state index contributed by atoms with van der Waals surface area (Å²) in [5, 5.41) is 7.91. The lowest BCUT2D eigenvalue weighted by molar-refractivity contribution is 0.626. The molecule has 2 aromatic rings. The van der Waals surface area contributed by atoms with Gasteiger partial charge in [0, 0.05) is 28.9 Å². The number of hydrogen-bond acceptors (Lipinski definition) is 2. The third kappa shape index (κ3) is 1.36. The summed E-state index contributed by atoms with van der Waals surface area (Å²) in [6, 6.07) is 15.0. The number of rotatable bonds is 0. The fourth-order valence-corrected chi connectivity index (χ4v) is 3.27. The molecule has 3 heteroatoms. The van der Waals surface area contributed by atoms with Gasteiger partial charge in [-0.05, 0) is 29.3 Å². The van der Waals surface area contributed by atoms with Crippen LogP contribution in [0.2, 0.25) is 5.02 Å². The van der Waals surface area contributed by atoms with Crippen molar-refractivity contribution < 1.29 is 0 Å². The Balaban J connectivity index is 1.83. The maximum Gasteiger partial charge on any atom is 0.0620 e. The zero-order valence-electron chi connectivity index (χ0n) is 9.78. The van der Waals surface area contributed by atoms with Crippen LogP contribution in [0.15, 0.2) is 42.5 Å². The first kappa shape index (κ1) is 10.3. The van der Waals surface area contributed by atoms with Crippen LogP contribution in [-0.4, -0.2) is 6.54 Å². The van der Waals surface area contributed by atoms with Crippen molar-refractivity contribution in [3.05, 3.63) is 58.6 Å². The lowest BCUT2D eigenvalue weighted by Crippen LogP contribution is -2.25. The Labute approximate surface area is 111 Å². The summed E-state index contributed by atoms with van der Waals surface area (Å²) in [7, 11) is 0. The molecule has 0 aliphatic carbocycles. The minimum absolute atomic E-state index is 0.371. The second kappa shape index (κ2) is 3.66. The van der Waals surface area contributed by atoms with Gasteiger partial charge in [0.2, 0.25) is 0 Å². The highest BCUT2D eigenvalue weighted by molar-refractivity contribution is 6.30. The first-order valence-corrected chi connectivity index (χ1v) is 6.59. The highest BCUT2D eigenvalue weighted by Crippen LogP contribution is 2.48. The van der Waals surface area contributed by atoms with E-state index in [1.165, 1.54) is 16.8 Å². The second-order valence-electron chi connectivity index (χ2n) is 4.93. The zero-order valence-corrected chi connectivity index (χ0v) is 10.5. The monoisotopic (exact) mass is 256 g/mol. The van der Waals surface area contributed by atoms with E-state index in [0.29, 0.717) is 12.0 Å². The Morgan fingerprint density at radius 1 is 1.00 bits per heavy atom. The van der Waals surface area contributed by atoms with E-state index in [0.717, 1.165) is 17.3 Å². The van der Waals surface area contributed by atoms with E-state index in [2.05, 4.69) is 41.0 Å². The minimum atomic E-state index is 0.371. The number of nitrogens with one attached hydrogen (secondary N) is 2. The normalized spacial score (nSPS) is 23.4. The summed E-state index contributed by atoms with van der Waals surface area (Å²) in [4.78, 5) is 0. The average Bonchev–Trinajstić information content (AvgIpc) is 2.77. The van der Waals surface area contributed by atoms with Gasteiger partial charge in [-0.15, -0.1) is 0 Å². The van der Waals surface area contributed by atoms with E-state index in [9.17, 15) is 0 Å². The second-order valence-corrected chi connectivity index (χ2v) is 5.36. The van der Waals surface area contributed by atoms with Crippen LogP contribution in [0.3, 0.4) is 0 Å². The largest absolute Gasteiger partial charge is 0.384 e. The van der Waals surface area contributed by atoms with Crippen LogP contribution in [0.1, 0.15) is 23.1 Å². The first-order valence-electron chi connectivity index (χ1n) is 6.22. The molecule has 2 aliphatic rings. The summed E-state index contributed by atoms with van der Waals surface area (Å²) >= 11 is 6.05. The smallest absolute Gasteiger partial charge is 0.0620 e. The van der Waals surface area contributed by atoms with E-state index in [1.54, 1.807) is 0 Å². The van der Waals surface area contributed by atoms with Gasteiger partial charge in [-0.2, -0.15) is 0 Å². The molecule has 0 saturated heterocycles. The molecule has 0 aromatic heterocycles. The quantitative estimate of drug-likeness (QED) is 0.744. The summed E-state index contributed by atoms with van der Waals surface area (Å²) in [6.45, 7) is 0.960. The van der Waals surface area contributed by atoms with Crippen molar-refractivity contribution in [3.63, 3.8) is 0 Å². The number of anilines is 2. The molecule has 2 N–H and O–H groups in total. The van der Waals surface area contributed by atoms with Crippen LogP contribution in [0.4, 0.5) is 11.4 Å². The molecule has 0 saturated carbocycles. The molecule has 2 heterocycles. The lowest BCUT2D eigenvalue weighted by atomic mass is 9.87. The summed E-state index contributed by atoms with van der Waals surface area (Å²) in [5.74, 6) is 0.509. The first-order chi connectivity index (χ1) is 8.83. The molecule has 0 fully saturated rings. The molecule has 0 radical (unpaired) electrons. The standard InChI is InChI=1S/C15H13ClN2/c16-9-5-6-11-14(7-9)17-8-12-10-3-1-2-4-13(10)18-15(11)12/h1-7,12,15,17-18H,8H2. The third-order valence-electron chi connectivity index (χ3n) is 3.94. The SMILES string of the molecule is Clc1ccc2c(c1)NCC1c3ccccc3NC21. The Kier molecular flexibility index (Phi) is 2.09. The van der Waals surface area contributed by atoms with Gasteiger partial charge in [0.05, 0.1) is 6.04 Å². The molecule has 90 valence electrons. The molecule has 2 aromatic carbocycles. The summed E-state index contributed by atoms with van der Waals surface area (Å²) in [6.07, 6.45) is 0. The fourth-order valence-electron chi connectivity index (χ4n) is 3.09. The maximum absolute atomic E-state index is 6.05. The topological polar surface area (TPSA) is 24.1 Å². The lowest BCUT2D eigenvalue weighted by Gasteiger charge is -2.30. The zero-order chi connectivity index (χ0) is 12.1. The number of para-hydroxylation sites is 1. The van der Waals surface area contributed by atoms with Crippen LogP contribution in [0.25, 0.3) is 0 Å². The fraction of sp³-hybridized carbons (Fsp3) is 0.200. The Hall–Kier alpha value is -1.67. The van der Waals surface area contributed by atoms with Crippen molar-refractivity contribution in [1.29, 1.82) is 0 Å². The van der Waals surface area contributed by atoms with Gasteiger partial charge in [0.15, 0.2) is 0 Å². The number of benzene rings is 2. The van der Waals surface area contributed by atoms with E-state index < -0.39 is 0 Å². The van der Waals surface area contributed by atoms with Crippen LogP contribution in [0.5, 0.6) is 0 Å². The van der Waals surface area contributed by atoms with Crippen LogP contribution >= 0.6 is 11.6 Å². The molecular weight excluding hydrogens is 244 g/mol. The van der Waals surface area contributed by atoms with Crippen LogP contribution in [0, 0.1) is 0 Å². The number of halogens is 1. The summed E-state index contributed by atoms with van der Waals surface area (Å²) in [5.41, 5.74) is 5.14. The van der Waals surface area contributed by atoms with E-state index in [-0.39, 0.29) is 0 Å². The molecule has 2 aliphatic heterocycles. The highest BCUT2D eigenvalue weighted by Gasteiger charge is 2.36. The van der Waals surface area contributed by atoms with Gasteiger partial charge in [0.1, 0.15) is 0 Å². The van der Waals surface area contributed by atoms with Gasteiger partial charge in [0.25, 0.3) is 0 Å². The van der Waals surface area contributed by atoms with Gasteiger partial charge in [-0.25, -0.2) is 0 Å². The Morgan fingerprint density at radius 3 is 2.83 bits per heavy atom. The van der Waals surface area contributed by atoms with Crippen molar-refractivity contribution in [2.75, 3.05) is 17.2 Å². The van der Waals surface area contributed by atoms with E-state index in [4.69, 9.17) is 11.6 Å². The molecule has 18 heavy (non-hydrogen) atoms. The maximum atomic E-state index is 6.05. The van der Waals surface area contributed by atoms with E-state index in [1.807, 2.05) is 12.1 Å². The van der Waals surface area contributed by atoms with Crippen LogP contribution in [-0.2, 0) is 0 Å². The molecule has 2 atom stereocenters. The van der Waals surface area contributed by atoms with Gasteiger partial charge in [-0.1, -0.05) is 35.9 Å². The van der Waals surface area contributed by atoms with Gasteiger partial charge >= 0.3 is 0 Å². The molecule has 2 nitrogen and oxygen atoms in total. The number of fused-ring (bicyclic) bond motifs is 5. The molecular formula is C15H13ClN2. The van der Waals surface area contributed by atoms with Crippen molar-refractivity contribution >= 4 is 23.0 Å². The van der Waals surface area contributed by atoms with Gasteiger partial charge in [-0.3, -0.25) is 0 Å². The van der Waals surface area contributed by atoms with Crippen LogP contribution < -0.4 is 10.6 Å².